The number of amides is 1. The third kappa shape index (κ3) is 2.45. The van der Waals surface area contributed by atoms with E-state index in [2.05, 4.69) is 4.98 Å². The molecule has 1 fully saturated rings. The molecule has 6 nitrogen and oxygen atoms in total. The Bertz CT molecular complexity index is 571. The number of nitrogen functional groups attached to an aromatic ring is 1. The third-order valence-electron chi connectivity index (χ3n) is 3.10. The molecular formula is C11H15N3O3S. The van der Waals surface area contributed by atoms with Crippen LogP contribution in [0.25, 0.3) is 0 Å². The summed E-state index contributed by atoms with van der Waals surface area (Å²) in [6.45, 7) is 0. The molecule has 7 heteroatoms. The average Bonchev–Trinajstić information content (AvgIpc) is 2.68. The fourth-order valence-corrected chi connectivity index (χ4v) is 3.82. The van der Waals surface area contributed by atoms with Crippen LogP contribution in [0.2, 0.25) is 0 Å². The highest BCUT2D eigenvalue weighted by molar-refractivity contribution is 7.91. The van der Waals surface area contributed by atoms with E-state index in [9.17, 15) is 13.2 Å². The summed E-state index contributed by atoms with van der Waals surface area (Å²) in [7, 11) is -1.46. The summed E-state index contributed by atoms with van der Waals surface area (Å²) < 4.78 is 22.7. The molecule has 1 aliphatic rings. The molecule has 0 spiro atoms. The molecule has 0 radical (unpaired) electrons. The molecule has 1 saturated heterocycles. The highest BCUT2D eigenvalue weighted by Crippen LogP contribution is 2.25. The van der Waals surface area contributed by atoms with Gasteiger partial charge in [-0.3, -0.25) is 9.78 Å². The van der Waals surface area contributed by atoms with Gasteiger partial charge in [0.1, 0.15) is 0 Å². The van der Waals surface area contributed by atoms with Crippen LogP contribution in [0.3, 0.4) is 0 Å². The second kappa shape index (κ2) is 4.56. The van der Waals surface area contributed by atoms with Crippen LogP contribution in [0, 0.1) is 5.92 Å². The molecule has 1 amide bonds. The zero-order valence-electron chi connectivity index (χ0n) is 10.0. The van der Waals surface area contributed by atoms with Crippen molar-refractivity contribution in [2.45, 2.75) is 6.42 Å². The molecule has 1 atom stereocenters. The molecule has 98 valence electrons. The largest absolute Gasteiger partial charge is 0.396 e. The van der Waals surface area contributed by atoms with Crippen molar-refractivity contribution in [3.8, 4) is 0 Å². The summed E-state index contributed by atoms with van der Waals surface area (Å²) in [6.07, 6.45) is 3.39. The van der Waals surface area contributed by atoms with Crippen molar-refractivity contribution in [3.05, 3.63) is 18.5 Å². The van der Waals surface area contributed by atoms with Crippen molar-refractivity contribution in [3.63, 3.8) is 0 Å². The Morgan fingerprint density at radius 1 is 1.56 bits per heavy atom. The number of carbonyl (C=O) groups excluding carboxylic acids is 1. The number of sulfone groups is 1. The van der Waals surface area contributed by atoms with Gasteiger partial charge in [-0.1, -0.05) is 0 Å². The second-order valence-electron chi connectivity index (χ2n) is 4.43. The highest BCUT2D eigenvalue weighted by atomic mass is 32.2. The Morgan fingerprint density at radius 3 is 2.83 bits per heavy atom. The van der Waals surface area contributed by atoms with Gasteiger partial charge in [-0.2, -0.15) is 0 Å². The predicted molar refractivity (Wildman–Crippen MR) is 68.8 cm³/mol. The summed E-state index contributed by atoms with van der Waals surface area (Å²) in [5.41, 5.74) is 6.69. The minimum atomic E-state index is -3.06. The molecule has 0 saturated carbocycles. The summed E-state index contributed by atoms with van der Waals surface area (Å²) in [5.74, 6) is -0.661. The lowest BCUT2D eigenvalue weighted by Crippen LogP contribution is -2.34. The van der Waals surface area contributed by atoms with E-state index in [1.54, 1.807) is 19.3 Å². The maximum absolute atomic E-state index is 12.2. The number of nitrogens with two attached hydrogens (primary N) is 1. The minimum Gasteiger partial charge on any atom is -0.396 e. The van der Waals surface area contributed by atoms with Gasteiger partial charge in [-0.15, -0.1) is 0 Å². The molecule has 0 aromatic carbocycles. The van der Waals surface area contributed by atoms with Crippen LogP contribution < -0.4 is 10.6 Å². The molecule has 0 bridgehead atoms. The quantitative estimate of drug-likeness (QED) is 0.819. The standard InChI is InChI=1S/C11H15N3O3S/c1-14(10-2-4-13-6-9(10)12)11(15)8-3-5-18(16,17)7-8/h2,4,6,8H,3,5,7,12H2,1H3. The van der Waals surface area contributed by atoms with E-state index in [-0.39, 0.29) is 17.4 Å². The maximum atomic E-state index is 12.2. The van der Waals surface area contributed by atoms with Gasteiger partial charge in [0.25, 0.3) is 0 Å². The van der Waals surface area contributed by atoms with Crippen LogP contribution in [0.1, 0.15) is 6.42 Å². The zero-order valence-corrected chi connectivity index (χ0v) is 10.9. The van der Waals surface area contributed by atoms with Crippen molar-refractivity contribution in [2.24, 2.45) is 5.92 Å². The number of aromatic nitrogens is 1. The van der Waals surface area contributed by atoms with Crippen LogP contribution in [0.5, 0.6) is 0 Å². The van der Waals surface area contributed by atoms with Crippen LogP contribution in [0.4, 0.5) is 11.4 Å². The number of rotatable bonds is 2. The van der Waals surface area contributed by atoms with E-state index in [0.717, 1.165) is 0 Å². The number of hydrogen-bond donors (Lipinski definition) is 1. The number of anilines is 2. The van der Waals surface area contributed by atoms with Crippen LogP contribution in [-0.4, -0.2) is 37.9 Å². The highest BCUT2D eigenvalue weighted by Gasteiger charge is 2.35. The lowest BCUT2D eigenvalue weighted by molar-refractivity contribution is -0.121. The van der Waals surface area contributed by atoms with Gasteiger partial charge in [0.05, 0.1) is 35.0 Å². The van der Waals surface area contributed by atoms with E-state index in [0.29, 0.717) is 17.8 Å². The van der Waals surface area contributed by atoms with Gasteiger partial charge in [0.15, 0.2) is 9.84 Å². The summed E-state index contributed by atoms with van der Waals surface area (Å²) in [4.78, 5) is 17.4. The number of hydrogen-bond acceptors (Lipinski definition) is 5. The maximum Gasteiger partial charge on any atom is 0.230 e. The van der Waals surface area contributed by atoms with E-state index < -0.39 is 15.8 Å². The molecule has 1 aromatic heterocycles. The molecule has 0 aliphatic carbocycles. The fourth-order valence-electron chi connectivity index (χ4n) is 2.09. The van der Waals surface area contributed by atoms with Crippen LogP contribution in [-0.2, 0) is 14.6 Å². The van der Waals surface area contributed by atoms with E-state index in [1.807, 2.05) is 0 Å². The van der Waals surface area contributed by atoms with Gasteiger partial charge >= 0.3 is 0 Å². The smallest absolute Gasteiger partial charge is 0.230 e. The lowest BCUT2D eigenvalue weighted by Gasteiger charge is -2.21. The van der Waals surface area contributed by atoms with Crippen molar-refractivity contribution in [2.75, 3.05) is 29.2 Å². The normalized spacial score (nSPS) is 21.7. The molecule has 1 unspecified atom stereocenters. The summed E-state index contributed by atoms with van der Waals surface area (Å²) in [5, 5.41) is 0. The minimum absolute atomic E-state index is 0.0683. The van der Waals surface area contributed by atoms with Crippen molar-refractivity contribution in [1.29, 1.82) is 0 Å². The van der Waals surface area contributed by atoms with Gasteiger partial charge in [0, 0.05) is 13.2 Å². The first-order valence-electron chi connectivity index (χ1n) is 5.58. The Hall–Kier alpha value is -1.63. The van der Waals surface area contributed by atoms with E-state index >= 15 is 0 Å². The van der Waals surface area contributed by atoms with Gasteiger partial charge in [0.2, 0.25) is 5.91 Å². The second-order valence-corrected chi connectivity index (χ2v) is 6.66. The van der Waals surface area contributed by atoms with Crippen LogP contribution >= 0.6 is 0 Å². The SMILES string of the molecule is CN(C(=O)C1CCS(=O)(=O)C1)c1ccncc1N. The fraction of sp³-hybridized carbons (Fsp3) is 0.455. The first kappa shape index (κ1) is 12.8. The Morgan fingerprint density at radius 2 is 2.28 bits per heavy atom. The average molecular weight is 269 g/mol. The Labute approximate surface area is 106 Å². The number of nitrogens with zero attached hydrogens (tertiary/aromatic N) is 2. The summed E-state index contributed by atoms with van der Waals surface area (Å²) in [6, 6.07) is 1.64. The molecular weight excluding hydrogens is 254 g/mol. The molecule has 18 heavy (non-hydrogen) atoms. The first-order chi connectivity index (χ1) is 8.41. The summed E-state index contributed by atoms with van der Waals surface area (Å²) >= 11 is 0. The lowest BCUT2D eigenvalue weighted by atomic mass is 10.1. The van der Waals surface area contributed by atoms with Gasteiger partial charge < -0.3 is 10.6 Å². The van der Waals surface area contributed by atoms with Crippen molar-refractivity contribution in [1.82, 2.24) is 4.98 Å². The molecule has 2 rings (SSSR count). The van der Waals surface area contributed by atoms with E-state index in [1.165, 1.54) is 11.1 Å². The Balaban J connectivity index is 2.18. The molecule has 2 heterocycles. The molecule has 2 N–H and O–H groups in total. The molecule has 1 aromatic rings. The topological polar surface area (TPSA) is 93.4 Å². The monoisotopic (exact) mass is 269 g/mol. The number of pyridine rings is 1. The van der Waals surface area contributed by atoms with Crippen molar-refractivity contribution < 1.29 is 13.2 Å². The van der Waals surface area contributed by atoms with Gasteiger partial charge in [-0.05, 0) is 12.5 Å². The number of carbonyl (C=O) groups is 1. The predicted octanol–water partition coefficient (Wildman–Crippen LogP) is 0.0613. The van der Waals surface area contributed by atoms with E-state index in [4.69, 9.17) is 5.73 Å². The van der Waals surface area contributed by atoms with Crippen molar-refractivity contribution >= 4 is 27.1 Å². The third-order valence-corrected chi connectivity index (χ3v) is 4.87. The van der Waals surface area contributed by atoms with Crippen LogP contribution in [0.15, 0.2) is 18.5 Å². The zero-order chi connectivity index (χ0) is 13.3. The Kier molecular flexibility index (Phi) is 3.25. The van der Waals surface area contributed by atoms with Gasteiger partial charge in [-0.25, -0.2) is 8.42 Å². The first-order valence-corrected chi connectivity index (χ1v) is 7.40. The molecule has 1 aliphatic heterocycles.